The number of amides is 1. The van der Waals surface area contributed by atoms with Crippen LogP contribution in [-0.2, 0) is 9.84 Å². The Morgan fingerprint density at radius 2 is 2.14 bits per heavy atom. The number of hydrogen-bond donors (Lipinski definition) is 1. The number of nitrogens with zero attached hydrogens (tertiary/aromatic N) is 1. The van der Waals surface area contributed by atoms with Gasteiger partial charge in [0, 0.05) is 29.5 Å². The van der Waals surface area contributed by atoms with Crippen LogP contribution >= 0.6 is 11.6 Å². The van der Waals surface area contributed by atoms with E-state index in [9.17, 15) is 13.2 Å². The summed E-state index contributed by atoms with van der Waals surface area (Å²) >= 11 is 5.89. The molecular formula is C14H15ClN2O4S. The lowest BCUT2D eigenvalue weighted by Gasteiger charge is -2.01. The maximum atomic E-state index is 11.9. The van der Waals surface area contributed by atoms with E-state index < -0.39 is 15.7 Å². The van der Waals surface area contributed by atoms with Crippen LogP contribution in [0.2, 0.25) is 5.02 Å². The van der Waals surface area contributed by atoms with Gasteiger partial charge in [-0.2, -0.15) is 0 Å². The summed E-state index contributed by atoms with van der Waals surface area (Å²) in [5, 5.41) is 6.85. The molecule has 1 amide bonds. The number of aromatic nitrogens is 1. The van der Waals surface area contributed by atoms with Crippen LogP contribution in [0.1, 0.15) is 16.9 Å². The Labute approximate surface area is 133 Å². The van der Waals surface area contributed by atoms with Gasteiger partial charge in [0.15, 0.2) is 11.5 Å². The number of nitrogens with one attached hydrogen (secondary N) is 1. The summed E-state index contributed by atoms with van der Waals surface area (Å²) in [4.78, 5) is 11.9. The number of halogens is 1. The highest BCUT2D eigenvalue weighted by molar-refractivity contribution is 7.90. The minimum absolute atomic E-state index is 0.0276. The van der Waals surface area contributed by atoms with E-state index in [0.717, 1.165) is 11.8 Å². The molecule has 1 aromatic carbocycles. The molecule has 0 unspecified atom stereocenters. The van der Waals surface area contributed by atoms with Crippen LogP contribution in [0.3, 0.4) is 0 Å². The molecule has 0 fully saturated rings. The first-order valence-electron chi connectivity index (χ1n) is 6.54. The molecule has 1 heterocycles. The first-order chi connectivity index (χ1) is 10.3. The minimum Gasteiger partial charge on any atom is -0.355 e. The van der Waals surface area contributed by atoms with Gasteiger partial charge in [-0.1, -0.05) is 28.9 Å². The topological polar surface area (TPSA) is 89.3 Å². The van der Waals surface area contributed by atoms with Gasteiger partial charge in [-0.3, -0.25) is 4.79 Å². The maximum Gasteiger partial charge on any atom is 0.273 e. The second-order valence-electron chi connectivity index (χ2n) is 4.83. The molecule has 8 heteroatoms. The summed E-state index contributed by atoms with van der Waals surface area (Å²) in [7, 11) is -3.02. The second kappa shape index (κ2) is 6.93. The standard InChI is InChI=1S/C14H15ClN2O4S/c1-22(19,20)7-3-6-16-14(18)12-9-13(21-17-12)10-4-2-5-11(15)8-10/h2,4-5,8-9H,3,6-7H2,1H3,(H,16,18). The van der Waals surface area contributed by atoms with Gasteiger partial charge in [0.2, 0.25) is 0 Å². The predicted octanol–water partition coefficient (Wildman–Crippen LogP) is 2.16. The first-order valence-corrected chi connectivity index (χ1v) is 8.97. The van der Waals surface area contributed by atoms with Gasteiger partial charge < -0.3 is 9.84 Å². The molecule has 1 N–H and O–H groups in total. The normalized spacial score (nSPS) is 11.4. The van der Waals surface area contributed by atoms with E-state index >= 15 is 0 Å². The molecule has 0 aliphatic heterocycles. The fourth-order valence-corrected chi connectivity index (χ4v) is 2.65. The van der Waals surface area contributed by atoms with Gasteiger partial charge in [0.1, 0.15) is 9.84 Å². The molecule has 0 aliphatic rings. The summed E-state index contributed by atoms with van der Waals surface area (Å²) < 4.78 is 27.1. The zero-order chi connectivity index (χ0) is 16.2. The largest absolute Gasteiger partial charge is 0.355 e. The molecule has 22 heavy (non-hydrogen) atoms. The Morgan fingerprint density at radius 1 is 1.36 bits per heavy atom. The summed E-state index contributed by atoms with van der Waals surface area (Å²) in [6.45, 7) is 0.255. The quantitative estimate of drug-likeness (QED) is 0.812. The van der Waals surface area contributed by atoms with Gasteiger partial charge in [-0.15, -0.1) is 0 Å². The zero-order valence-electron chi connectivity index (χ0n) is 11.9. The maximum absolute atomic E-state index is 11.9. The summed E-state index contributed by atoms with van der Waals surface area (Å²) in [6, 6.07) is 8.51. The number of hydrogen-bond acceptors (Lipinski definition) is 5. The zero-order valence-corrected chi connectivity index (χ0v) is 13.4. The minimum atomic E-state index is -3.02. The third-order valence-corrected chi connectivity index (χ3v) is 4.09. The van der Waals surface area contributed by atoms with Crippen molar-refractivity contribution in [2.75, 3.05) is 18.6 Å². The van der Waals surface area contributed by atoms with Crippen LogP contribution in [0.15, 0.2) is 34.9 Å². The van der Waals surface area contributed by atoms with Crippen molar-refractivity contribution in [2.45, 2.75) is 6.42 Å². The Hall–Kier alpha value is -1.86. The number of carbonyl (C=O) groups is 1. The smallest absolute Gasteiger partial charge is 0.273 e. The van der Waals surface area contributed by atoms with Crippen molar-refractivity contribution in [1.82, 2.24) is 10.5 Å². The molecule has 0 spiro atoms. The van der Waals surface area contributed by atoms with Crippen LogP contribution in [0.25, 0.3) is 11.3 Å². The summed E-state index contributed by atoms with van der Waals surface area (Å²) in [5.74, 6) is 0.0502. The van der Waals surface area contributed by atoms with E-state index in [1.807, 2.05) is 0 Å². The Kier molecular flexibility index (Phi) is 5.20. The molecule has 0 atom stereocenters. The number of rotatable bonds is 6. The van der Waals surface area contributed by atoms with Crippen LogP contribution in [0.5, 0.6) is 0 Å². The fraction of sp³-hybridized carbons (Fsp3) is 0.286. The average Bonchev–Trinajstić information content (AvgIpc) is 2.92. The van der Waals surface area contributed by atoms with Crippen LogP contribution < -0.4 is 5.32 Å². The van der Waals surface area contributed by atoms with Crippen LogP contribution in [0, 0.1) is 0 Å². The Morgan fingerprint density at radius 3 is 2.82 bits per heavy atom. The molecule has 0 saturated heterocycles. The molecule has 2 aromatic rings. The lowest BCUT2D eigenvalue weighted by molar-refractivity contribution is 0.0944. The number of benzene rings is 1. The van der Waals surface area contributed by atoms with Crippen molar-refractivity contribution in [2.24, 2.45) is 0 Å². The van der Waals surface area contributed by atoms with Gasteiger partial charge >= 0.3 is 0 Å². The van der Waals surface area contributed by atoms with E-state index in [2.05, 4.69) is 10.5 Å². The van der Waals surface area contributed by atoms with Gasteiger partial charge in [-0.25, -0.2) is 8.42 Å². The SMILES string of the molecule is CS(=O)(=O)CCCNC(=O)c1cc(-c2cccc(Cl)c2)on1. The van der Waals surface area contributed by atoms with E-state index in [1.165, 1.54) is 6.07 Å². The van der Waals surface area contributed by atoms with Crippen molar-refractivity contribution in [3.8, 4) is 11.3 Å². The Balaban J connectivity index is 1.95. The molecule has 0 radical (unpaired) electrons. The summed E-state index contributed by atoms with van der Waals surface area (Å²) in [6.07, 6.45) is 1.51. The molecule has 6 nitrogen and oxygen atoms in total. The molecule has 0 saturated carbocycles. The van der Waals surface area contributed by atoms with Crippen molar-refractivity contribution in [1.29, 1.82) is 0 Å². The Bertz CT molecular complexity index is 771. The molecule has 2 rings (SSSR count). The third-order valence-electron chi connectivity index (χ3n) is 2.83. The van der Waals surface area contributed by atoms with E-state index in [-0.39, 0.29) is 18.0 Å². The highest BCUT2D eigenvalue weighted by atomic mass is 35.5. The van der Waals surface area contributed by atoms with Crippen LogP contribution in [0.4, 0.5) is 0 Å². The predicted molar refractivity (Wildman–Crippen MR) is 83.6 cm³/mol. The second-order valence-corrected chi connectivity index (χ2v) is 7.52. The lowest BCUT2D eigenvalue weighted by atomic mass is 10.1. The monoisotopic (exact) mass is 342 g/mol. The highest BCUT2D eigenvalue weighted by Gasteiger charge is 2.13. The number of sulfone groups is 1. The van der Waals surface area contributed by atoms with Crippen molar-refractivity contribution >= 4 is 27.3 Å². The summed E-state index contributed by atoms with van der Waals surface area (Å²) in [5.41, 5.74) is 0.852. The molecular weight excluding hydrogens is 328 g/mol. The van der Waals surface area contributed by atoms with Gasteiger partial charge in [-0.05, 0) is 18.6 Å². The number of carbonyl (C=O) groups excluding carboxylic acids is 1. The lowest BCUT2D eigenvalue weighted by Crippen LogP contribution is -2.26. The van der Waals surface area contributed by atoms with Crippen molar-refractivity contribution in [3.05, 3.63) is 41.0 Å². The fourth-order valence-electron chi connectivity index (χ4n) is 1.79. The highest BCUT2D eigenvalue weighted by Crippen LogP contribution is 2.23. The molecule has 118 valence electrons. The van der Waals surface area contributed by atoms with E-state index in [0.29, 0.717) is 17.2 Å². The van der Waals surface area contributed by atoms with Gasteiger partial charge in [0.25, 0.3) is 5.91 Å². The molecule has 0 aliphatic carbocycles. The first kappa shape index (κ1) is 16.5. The third kappa shape index (κ3) is 4.85. The molecule has 1 aromatic heterocycles. The average molecular weight is 343 g/mol. The van der Waals surface area contributed by atoms with Gasteiger partial charge in [0.05, 0.1) is 5.75 Å². The van der Waals surface area contributed by atoms with E-state index in [1.54, 1.807) is 24.3 Å². The van der Waals surface area contributed by atoms with Crippen molar-refractivity contribution in [3.63, 3.8) is 0 Å². The van der Waals surface area contributed by atoms with Crippen LogP contribution in [-0.4, -0.2) is 38.0 Å². The van der Waals surface area contributed by atoms with Crippen molar-refractivity contribution < 1.29 is 17.7 Å². The van der Waals surface area contributed by atoms with E-state index in [4.69, 9.17) is 16.1 Å². The molecule has 0 bridgehead atoms.